The third kappa shape index (κ3) is 4.09. The van der Waals surface area contributed by atoms with Crippen LogP contribution in [0.5, 0.6) is 0 Å². The fourth-order valence-corrected chi connectivity index (χ4v) is 3.06. The molecule has 0 heterocycles. The Morgan fingerprint density at radius 1 is 1.14 bits per heavy atom. The molecule has 0 fully saturated rings. The first-order valence-electron chi connectivity index (χ1n) is 6.29. The van der Waals surface area contributed by atoms with Crippen LogP contribution in [0.1, 0.15) is 13.8 Å². The van der Waals surface area contributed by atoms with Gasteiger partial charge in [-0.1, -0.05) is 13.8 Å². The van der Waals surface area contributed by atoms with Crippen molar-refractivity contribution in [2.45, 2.75) is 24.8 Å². The van der Waals surface area contributed by atoms with Gasteiger partial charge in [-0.15, -0.1) is 0 Å². The monoisotopic (exact) mass is 305 g/mol. The van der Waals surface area contributed by atoms with Crippen molar-refractivity contribution < 1.29 is 8.42 Å². The molecule has 1 rings (SSSR count). The van der Waals surface area contributed by atoms with E-state index in [0.717, 1.165) is 0 Å². The van der Waals surface area contributed by atoms with E-state index >= 15 is 0 Å². The van der Waals surface area contributed by atoms with Gasteiger partial charge in [0.1, 0.15) is 12.1 Å². The summed E-state index contributed by atoms with van der Waals surface area (Å²) in [5.74, 6) is 0. The molecule has 0 radical (unpaired) electrons. The number of benzene rings is 1. The van der Waals surface area contributed by atoms with Gasteiger partial charge in [-0.05, 0) is 24.3 Å². The highest BCUT2D eigenvalue weighted by atomic mass is 32.2. The summed E-state index contributed by atoms with van der Waals surface area (Å²) in [7, 11) is -3.50. The maximum Gasteiger partial charge on any atom is 0.243 e. The van der Waals surface area contributed by atoms with Crippen molar-refractivity contribution in [3.05, 3.63) is 24.3 Å². The van der Waals surface area contributed by atoms with E-state index in [1.807, 2.05) is 0 Å². The second-order valence-electron chi connectivity index (χ2n) is 3.96. The summed E-state index contributed by atoms with van der Waals surface area (Å²) in [6, 6.07) is 7.97. The van der Waals surface area contributed by atoms with Crippen LogP contribution in [0.4, 0.5) is 5.69 Å². The molecule has 0 aliphatic rings. The summed E-state index contributed by atoms with van der Waals surface area (Å²) in [4.78, 5) is 0.169. The van der Waals surface area contributed by atoms with Crippen LogP contribution < -0.4 is 0 Å². The number of nitriles is 2. The quantitative estimate of drug-likeness (QED) is 0.750. The minimum Gasteiger partial charge on any atom is -0.207 e. The Kier molecular flexibility index (Phi) is 5.97. The highest BCUT2D eigenvalue weighted by Crippen LogP contribution is 2.20. The molecule has 0 spiro atoms. The van der Waals surface area contributed by atoms with Crippen LogP contribution in [0.15, 0.2) is 39.4 Å². The number of rotatable bonds is 6. The van der Waals surface area contributed by atoms with Gasteiger partial charge in [-0.2, -0.15) is 25.1 Å². The molecule has 7 nitrogen and oxygen atoms in total. The molecule has 0 bridgehead atoms. The van der Waals surface area contributed by atoms with Crippen molar-refractivity contribution >= 4 is 15.7 Å². The highest BCUT2D eigenvalue weighted by Gasteiger charge is 2.21. The Morgan fingerprint density at radius 2 is 1.67 bits per heavy atom. The topological polar surface area (TPSA) is 110 Å². The lowest BCUT2D eigenvalue weighted by Crippen LogP contribution is -2.30. The Morgan fingerprint density at radius 3 is 2.10 bits per heavy atom. The van der Waals surface area contributed by atoms with Gasteiger partial charge in [0.25, 0.3) is 0 Å². The van der Waals surface area contributed by atoms with Crippen molar-refractivity contribution in [2.24, 2.45) is 10.2 Å². The van der Waals surface area contributed by atoms with Crippen LogP contribution in [-0.2, 0) is 10.0 Å². The van der Waals surface area contributed by atoms with Gasteiger partial charge in [-0.25, -0.2) is 8.42 Å². The largest absolute Gasteiger partial charge is 0.243 e. The third-order valence-electron chi connectivity index (χ3n) is 2.71. The standard InChI is InChI=1S/C13H15N5O2S/c1-3-18(4-2)21(19,20)13-7-5-11(6-8-13)16-17-12(9-14)10-15/h5-8,12H,3-4H2,1-2H3. The predicted octanol–water partition coefficient (Wildman–Crippen LogP) is 2.22. The van der Waals surface area contributed by atoms with E-state index in [9.17, 15) is 8.42 Å². The van der Waals surface area contributed by atoms with Crippen molar-refractivity contribution in [2.75, 3.05) is 13.1 Å². The predicted molar refractivity (Wildman–Crippen MR) is 76.1 cm³/mol. The first-order valence-corrected chi connectivity index (χ1v) is 7.73. The van der Waals surface area contributed by atoms with Crippen LogP contribution in [0, 0.1) is 22.7 Å². The zero-order valence-electron chi connectivity index (χ0n) is 11.8. The molecule has 0 amide bonds. The molecule has 0 unspecified atom stereocenters. The van der Waals surface area contributed by atoms with Gasteiger partial charge in [-0.3, -0.25) is 0 Å². The van der Waals surface area contributed by atoms with E-state index in [1.54, 1.807) is 26.0 Å². The van der Waals surface area contributed by atoms with Crippen LogP contribution in [0.25, 0.3) is 0 Å². The molecule has 0 aliphatic heterocycles. The fourth-order valence-electron chi connectivity index (χ4n) is 1.60. The molecule has 1 aromatic rings. The third-order valence-corrected chi connectivity index (χ3v) is 4.78. The van der Waals surface area contributed by atoms with Crippen molar-refractivity contribution in [1.29, 1.82) is 10.5 Å². The fraction of sp³-hybridized carbons (Fsp3) is 0.385. The second-order valence-corrected chi connectivity index (χ2v) is 5.90. The Labute approximate surface area is 124 Å². The number of hydrogen-bond donors (Lipinski definition) is 0. The normalized spacial score (nSPS) is 11.7. The number of hydrogen-bond acceptors (Lipinski definition) is 6. The average molecular weight is 305 g/mol. The molecular weight excluding hydrogens is 290 g/mol. The van der Waals surface area contributed by atoms with Crippen molar-refractivity contribution in [1.82, 2.24) is 4.31 Å². The van der Waals surface area contributed by atoms with Crippen LogP contribution in [-0.4, -0.2) is 31.9 Å². The van der Waals surface area contributed by atoms with Gasteiger partial charge in [0.15, 0.2) is 0 Å². The number of azo groups is 1. The molecule has 1 aromatic carbocycles. The lowest BCUT2D eigenvalue weighted by Gasteiger charge is -2.18. The van der Waals surface area contributed by atoms with E-state index in [2.05, 4.69) is 10.2 Å². The number of nitrogens with zero attached hydrogens (tertiary/aromatic N) is 5. The summed E-state index contributed by atoms with van der Waals surface area (Å²) in [5.41, 5.74) is 0.379. The zero-order valence-corrected chi connectivity index (χ0v) is 12.6. The lowest BCUT2D eigenvalue weighted by atomic mass is 10.3. The summed E-state index contributed by atoms with van der Waals surface area (Å²) >= 11 is 0. The van der Waals surface area contributed by atoms with Gasteiger partial charge >= 0.3 is 0 Å². The summed E-state index contributed by atoms with van der Waals surface area (Å²) in [5, 5.41) is 24.4. The zero-order chi connectivity index (χ0) is 15.9. The van der Waals surface area contributed by atoms with Crippen molar-refractivity contribution in [3.8, 4) is 12.1 Å². The smallest absolute Gasteiger partial charge is 0.207 e. The summed E-state index contributed by atoms with van der Waals surface area (Å²) in [6.45, 7) is 4.33. The highest BCUT2D eigenvalue weighted by molar-refractivity contribution is 7.89. The molecule has 0 aromatic heterocycles. The molecule has 0 saturated heterocycles. The first kappa shape index (κ1) is 16.8. The molecule has 0 atom stereocenters. The first-order chi connectivity index (χ1) is 9.99. The maximum atomic E-state index is 12.3. The van der Waals surface area contributed by atoms with Gasteiger partial charge in [0.2, 0.25) is 16.1 Å². The minimum absolute atomic E-state index is 0.169. The Bertz CT molecular complexity index is 665. The molecule has 21 heavy (non-hydrogen) atoms. The van der Waals surface area contributed by atoms with E-state index in [1.165, 1.54) is 28.6 Å². The molecular formula is C13H15N5O2S. The van der Waals surface area contributed by atoms with Crippen molar-refractivity contribution in [3.63, 3.8) is 0 Å². The molecule has 0 saturated carbocycles. The average Bonchev–Trinajstić information content (AvgIpc) is 2.49. The van der Waals surface area contributed by atoms with E-state index in [-0.39, 0.29) is 4.90 Å². The lowest BCUT2D eigenvalue weighted by molar-refractivity contribution is 0.445. The number of sulfonamides is 1. The van der Waals surface area contributed by atoms with Gasteiger partial charge in [0.05, 0.1) is 10.6 Å². The molecule has 0 N–H and O–H groups in total. The van der Waals surface area contributed by atoms with Crippen LogP contribution in [0.3, 0.4) is 0 Å². The molecule has 0 aliphatic carbocycles. The second kappa shape index (κ2) is 7.48. The minimum atomic E-state index is -3.50. The van der Waals surface area contributed by atoms with E-state index < -0.39 is 16.1 Å². The summed E-state index contributed by atoms with van der Waals surface area (Å²) in [6.07, 6.45) is 0. The van der Waals surface area contributed by atoms with Gasteiger partial charge < -0.3 is 0 Å². The summed E-state index contributed by atoms with van der Waals surface area (Å²) < 4.78 is 25.9. The van der Waals surface area contributed by atoms with Gasteiger partial charge in [0, 0.05) is 13.1 Å². The molecule has 8 heteroatoms. The van der Waals surface area contributed by atoms with Crippen LogP contribution >= 0.6 is 0 Å². The van der Waals surface area contributed by atoms with Crippen LogP contribution in [0.2, 0.25) is 0 Å². The van der Waals surface area contributed by atoms with E-state index in [4.69, 9.17) is 10.5 Å². The Balaban J connectivity index is 2.99. The Hall–Kier alpha value is -2.29. The SMILES string of the molecule is CCN(CC)S(=O)(=O)c1ccc(N=NC(C#N)C#N)cc1. The molecule has 110 valence electrons. The van der Waals surface area contributed by atoms with E-state index in [0.29, 0.717) is 18.8 Å². The maximum absolute atomic E-state index is 12.3.